The molecule has 4 heteroatoms. The number of likely N-dealkylation sites (N-methyl/N-ethyl adjacent to an activating group) is 2. The molecule has 1 aromatic rings. The summed E-state index contributed by atoms with van der Waals surface area (Å²) in [6.07, 6.45) is 0. The summed E-state index contributed by atoms with van der Waals surface area (Å²) >= 11 is 6.17. The monoisotopic (exact) mass is 255 g/mol. The normalized spacial score (nSPS) is 10.9. The first-order valence-electron chi connectivity index (χ1n) is 6.07. The molecule has 0 atom stereocenters. The molecule has 3 nitrogen and oxygen atoms in total. The molecule has 0 amide bonds. The van der Waals surface area contributed by atoms with Crippen LogP contribution in [0.25, 0.3) is 0 Å². The SMILES string of the molecule is CCN(CC)CCN(C)c1ccc(N)cc1Cl. The predicted molar refractivity (Wildman–Crippen MR) is 76.9 cm³/mol. The summed E-state index contributed by atoms with van der Waals surface area (Å²) in [7, 11) is 2.06. The molecule has 1 aromatic carbocycles. The van der Waals surface area contributed by atoms with Crippen LogP contribution < -0.4 is 10.6 Å². The summed E-state index contributed by atoms with van der Waals surface area (Å²) in [6.45, 7) is 8.54. The first-order valence-corrected chi connectivity index (χ1v) is 6.44. The van der Waals surface area contributed by atoms with E-state index in [0.29, 0.717) is 10.7 Å². The lowest BCUT2D eigenvalue weighted by molar-refractivity contribution is 0.311. The van der Waals surface area contributed by atoms with Crippen LogP contribution in [0.3, 0.4) is 0 Å². The van der Waals surface area contributed by atoms with Crippen LogP contribution in [0, 0.1) is 0 Å². The molecule has 0 bridgehead atoms. The van der Waals surface area contributed by atoms with Gasteiger partial charge in [0.2, 0.25) is 0 Å². The molecule has 0 saturated carbocycles. The molecule has 0 aromatic heterocycles. The second-order valence-corrected chi connectivity index (χ2v) is 4.57. The van der Waals surface area contributed by atoms with Crippen LogP contribution in [0.5, 0.6) is 0 Å². The van der Waals surface area contributed by atoms with Gasteiger partial charge in [0.25, 0.3) is 0 Å². The van der Waals surface area contributed by atoms with E-state index in [2.05, 4.69) is 30.7 Å². The van der Waals surface area contributed by atoms with Gasteiger partial charge in [-0.25, -0.2) is 0 Å². The van der Waals surface area contributed by atoms with Crippen molar-refractivity contribution in [1.29, 1.82) is 0 Å². The highest BCUT2D eigenvalue weighted by Gasteiger charge is 2.07. The van der Waals surface area contributed by atoms with Gasteiger partial charge in [-0.05, 0) is 31.3 Å². The molecule has 0 saturated heterocycles. The highest BCUT2D eigenvalue weighted by atomic mass is 35.5. The lowest BCUT2D eigenvalue weighted by Crippen LogP contribution is -2.33. The zero-order chi connectivity index (χ0) is 12.8. The molecule has 2 N–H and O–H groups in total. The molecule has 0 aliphatic rings. The van der Waals surface area contributed by atoms with E-state index in [9.17, 15) is 0 Å². The van der Waals surface area contributed by atoms with Gasteiger partial charge in [0.15, 0.2) is 0 Å². The number of nitrogens with zero attached hydrogens (tertiary/aromatic N) is 2. The minimum atomic E-state index is 0.705. The van der Waals surface area contributed by atoms with E-state index in [-0.39, 0.29) is 0 Å². The van der Waals surface area contributed by atoms with E-state index in [0.717, 1.165) is 31.9 Å². The van der Waals surface area contributed by atoms with E-state index in [4.69, 9.17) is 17.3 Å². The minimum Gasteiger partial charge on any atom is -0.399 e. The lowest BCUT2D eigenvalue weighted by Gasteiger charge is -2.25. The molecule has 0 heterocycles. The third kappa shape index (κ3) is 4.10. The molecule has 0 fully saturated rings. The fourth-order valence-electron chi connectivity index (χ4n) is 1.78. The maximum atomic E-state index is 6.17. The molecule has 1 rings (SSSR count). The Balaban J connectivity index is 2.60. The zero-order valence-corrected chi connectivity index (χ0v) is 11.7. The van der Waals surface area contributed by atoms with Crippen LogP contribution in [0.4, 0.5) is 11.4 Å². The van der Waals surface area contributed by atoms with Crippen molar-refractivity contribution in [1.82, 2.24) is 4.90 Å². The van der Waals surface area contributed by atoms with Gasteiger partial charge in [0.1, 0.15) is 0 Å². The van der Waals surface area contributed by atoms with Crippen molar-refractivity contribution in [3.63, 3.8) is 0 Å². The molecular formula is C13H22ClN3. The van der Waals surface area contributed by atoms with Crippen LogP contribution >= 0.6 is 11.6 Å². The van der Waals surface area contributed by atoms with Crippen molar-refractivity contribution in [3.05, 3.63) is 23.2 Å². The average Bonchev–Trinajstić information content (AvgIpc) is 2.30. The molecule has 0 spiro atoms. The minimum absolute atomic E-state index is 0.705. The fourth-order valence-corrected chi connectivity index (χ4v) is 2.12. The van der Waals surface area contributed by atoms with Crippen molar-refractivity contribution in [3.8, 4) is 0 Å². The first kappa shape index (κ1) is 14.1. The van der Waals surface area contributed by atoms with Gasteiger partial charge in [-0.2, -0.15) is 0 Å². The molecule has 0 aliphatic heterocycles. The Kier molecular flexibility index (Phi) is 5.59. The summed E-state index contributed by atoms with van der Waals surface area (Å²) in [5.41, 5.74) is 7.42. The summed E-state index contributed by atoms with van der Waals surface area (Å²) in [6, 6.07) is 5.65. The number of benzene rings is 1. The molecular weight excluding hydrogens is 234 g/mol. The fraction of sp³-hybridized carbons (Fsp3) is 0.538. The van der Waals surface area contributed by atoms with Crippen molar-refractivity contribution < 1.29 is 0 Å². The topological polar surface area (TPSA) is 32.5 Å². The van der Waals surface area contributed by atoms with Crippen LogP contribution in [0.2, 0.25) is 5.02 Å². The largest absolute Gasteiger partial charge is 0.399 e. The van der Waals surface area contributed by atoms with Crippen LogP contribution in [0.15, 0.2) is 18.2 Å². The number of rotatable bonds is 6. The highest BCUT2D eigenvalue weighted by molar-refractivity contribution is 6.33. The van der Waals surface area contributed by atoms with E-state index < -0.39 is 0 Å². The maximum absolute atomic E-state index is 6.17. The Morgan fingerprint density at radius 1 is 1.18 bits per heavy atom. The number of halogens is 1. The van der Waals surface area contributed by atoms with Gasteiger partial charge in [0.05, 0.1) is 10.7 Å². The maximum Gasteiger partial charge on any atom is 0.0659 e. The van der Waals surface area contributed by atoms with Gasteiger partial charge in [-0.1, -0.05) is 25.4 Å². The second-order valence-electron chi connectivity index (χ2n) is 4.16. The standard InChI is InChI=1S/C13H22ClN3/c1-4-17(5-2)9-8-16(3)13-7-6-11(15)10-12(13)14/h6-7,10H,4-5,8-9,15H2,1-3H3. The summed E-state index contributed by atoms with van der Waals surface area (Å²) in [4.78, 5) is 4.56. The van der Waals surface area contributed by atoms with E-state index in [1.807, 2.05) is 12.1 Å². The van der Waals surface area contributed by atoms with E-state index >= 15 is 0 Å². The van der Waals surface area contributed by atoms with Crippen molar-refractivity contribution in [2.24, 2.45) is 0 Å². The van der Waals surface area contributed by atoms with Gasteiger partial charge in [-0.3, -0.25) is 0 Å². The lowest BCUT2D eigenvalue weighted by atomic mass is 10.2. The van der Waals surface area contributed by atoms with Gasteiger partial charge >= 0.3 is 0 Å². The van der Waals surface area contributed by atoms with Crippen molar-refractivity contribution >= 4 is 23.0 Å². The molecule has 17 heavy (non-hydrogen) atoms. The number of hydrogen-bond donors (Lipinski definition) is 1. The summed E-state index contributed by atoms with van der Waals surface area (Å²) in [5, 5.41) is 0.715. The van der Waals surface area contributed by atoms with E-state index in [1.54, 1.807) is 6.07 Å². The summed E-state index contributed by atoms with van der Waals surface area (Å²) in [5.74, 6) is 0. The zero-order valence-electron chi connectivity index (χ0n) is 10.9. The Bertz CT molecular complexity index is 351. The predicted octanol–water partition coefficient (Wildman–Crippen LogP) is 2.70. The highest BCUT2D eigenvalue weighted by Crippen LogP contribution is 2.26. The number of nitrogens with two attached hydrogens (primary N) is 1. The third-order valence-corrected chi connectivity index (χ3v) is 3.33. The van der Waals surface area contributed by atoms with Crippen LogP contribution in [-0.2, 0) is 0 Å². The number of nitrogen functional groups attached to an aromatic ring is 1. The van der Waals surface area contributed by atoms with Crippen LogP contribution in [0.1, 0.15) is 13.8 Å². The Morgan fingerprint density at radius 3 is 2.35 bits per heavy atom. The molecule has 0 radical (unpaired) electrons. The Labute approximate surface area is 109 Å². The van der Waals surface area contributed by atoms with Gasteiger partial charge in [0, 0.05) is 25.8 Å². The van der Waals surface area contributed by atoms with Crippen LogP contribution in [-0.4, -0.2) is 38.1 Å². The average molecular weight is 256 g/mol. The third-order valence-electron chi connectivity index (χ3n) is 3.03. The molecule has 96 valence electrons. The van der Waals surface area contributed by atoms with Gasteiger partial charge in [-0.15, -0.1) is 0 Å². The van der Waals surface area contributed by atoms with Gasteiger partial charge < -0.3 is 15.5 Å². The molecule has 0 aliphatic carbocycles. The number of hydrogen-bond acceptors (Lipinski definition) is 3. The van der Waals surface area contributed by atoms with E-state index in [1.165, 1.54) is 0 Å². The second kappa shape index (κ2) is 6.72. The molecule has 0 unspecified atom stereocenters. The van der Waals surface area contributed by atoms with Crippen molar-refractivity contribution in [2.75, 3.05) is 43.9 Å². The Morgan fingerprint density at radius 2 is 1.82 bits per heavy atom. The number of anilines is 2. The summed E-state index contributed by atoms with van der Waals surface area (Å²) < 4.78 is 0. The Hall–Kier alpha value is -0.930. The first-order chi connectivity index (χ1) is 8.08. The smallest absolute Gasteiger partial charge is 0.0659 e. The van der Waals surface area contributed by atoms with Crippen molar-refractivity contribution in [2.45, 2.75) is 13.8 Å². The quantitative estimate of drug-likeness (QED) is 0.794.